The van der Waals surface area contributed by atoms with Gasteiger partial charge >= 0.3 is 0 Å². The van der Waals surface area contributed by atoms with Gasteiger partial charge in [-0.3, -0.25) is 4.79 Å². The Morgan fingerprint density at radius 1 is 1.31 bits per heavy atom. The summed E-state index contributed by atoms with van der Waals surface area (Å²) in [6, 6.07) is 4.07. The fourth-order valence-corrected chi connectivity index (χ4v) is 1.76. The first-order valence-corrected chi connectivity index (χ1v) is 5.43. The SMILES string of the molecule is COc1c(C)cc(NCCC(C)=O)cc1C. The number of hydrogen-bond donors (Lipinski definition) is 1. The summed E-state index contributed by atoms with van der Waals surface area (Å²) in [6.07, 6.45) is 0.560. The van der Waals surface area contributed by atoms with Crippen LogP contribution >= 0.6 is 0 Å². The summed E-state index contributed by atoms with van der Waals surface area (Å²) in [6.45, 7) is 6.32. The molecule has 0 amide bonds. The van der Waals surface area contributed by atoms with Crippen LogP contribution in [0, 0.1) is 13.8 Å². The number of carbonyl (C=O) groups excluding carboxylic acids is 1. The molecular formula is C13H19NO2. The molecule has 3 nitrogen and oxygen atoms in total. The smallest absolute Gasteiger partial charge is 0.131 e. The third-order valence-corrected chi connectivity index (χ3v) is 2.47. The van der Waals surface area contributed by atoms with Crippen LogP contribution in [0.3, 0.4) is 0 Å². The van der Waals surface area contributed by atoms with Crippen molar-refractivity contribution in [2.75, 3.05) is 19.0 Å². The minimum Gasteiger partial charge on any atom is -0.496 e. The van der Waals surface area contributed by atoms with Crippen molar-refractivity contribution >= 4 is 11.5 Å². The van der Waals surface area contributed by atoms with E-state index in [1.807, 2.05) is 26.0 Å². The van der Waals surface area contributed by atoms with Crippen LogP contribution in [-0.2, 0) is 4.79 Å². The van der Waals surface area contributed by atoms with Gasteiger partial charge in [-0.1, -0.05) is 0 Å². The zero-order valence-corrected chi connectivity index (χ0v) is 10.4. The van der Waals surface area contributed by atoms with Gasteiger partial charge in [-0.05, 0) is 44.0 Å². The highest BCUT2D eigenvalue weighted by Gasteiger charge is 2.04. The molecule has 3 heteroatoms. The van der Waals surface area contributed by atoms with E-state index in [0.29, 0.717) is 13.0 Å². The molecule has 0 aromatic heterocycles. The highest BCUT2D eigenvalue weighted by atomic mass is 16.5. The van der Waals surface area contributed by atoms with Crippen molar-refractivity contribution in [3.05, 3.63) is 23.3 Å². The van der Waals surface area contributed by atoms with Crippen LogP contribution in [-0.4, -0.2) is 19.4 Å². The molecule has 1 aromatic rings. The van der Waals surface area contributed by atoms with Crippen LogP contribution in [0.25, 0.3) is 0 Å². The molecule has 0 aliphatic heterocycles. The number of ether oxygens (including phenoxy) is 1. The van der Waals surface area contributed by atoms with Gasteiger partial charge in [-0.15, -0.1) is 0 Å². The fourth-order valence-electron chi connectivity index (χ4n) is 1.76. The maximum Gasteiger partial charge on any atom is 0.131 e. The fraction of sp³-hybridized carbons (Fsp3) is 0.462. The average Bonchev–Trinajstić information content (AvgIpc) is 2.16. The van der Waals surface area contributed by atoms with Crippen LogP contribution in [0.2, 0.25) is 0 Å². The highest BCUT2D eigenvalue weighted by Crippen LogP contribution is 2.26. The number of Topliss-reactive ketones (excluding diaryl/α,β-unsaturated/α-hetero) is 1. The highest BCUT2D eigenvalue weighted by molar-refractivity contribution is 5.76. The molecule has 16 heavy (non-hydrogen) atoms. The normalized spacial score (nSPS) is 10.0. The molecule has 0 spiro atoms. The lowest BCUT2D eigenvalue weighted by Crippen LogP contribution is -2.06. The van der Waals surface area contributed by atoms with Gasteiger partial charge in [-0.2, -0.15) is 0 Å². The Morgan fingerprint density at radius 3 is 2.31 bits per heavy atom. The molecule has 88 valence electrons. The third kappa shape index (κ3) is 3.26. The van der Waals surface area contributed by atoms with E-state index in [2.05, 4.69) is 5.32 Å². The molecule has 0 bridgehead atoms. The van der Waals surface area contributed by atoms with Gasteiger partial charge in [0.1, 0.15) is 11.5 Å². The molecule has 0 radical (unpaired) electrons. The van der Waals surface area contributed by atoms with Crippen LogP contribution in [0.15, 0.2) is 12.1 Å². The number of nitrogens with one attached hydrogen (secondary N) is 1. The van der Waals surface area contributed by atoms with E-state index >= 15 is 0 Å². The van der Waals surface area contributed by atoms with E-state index in [-0.39, 0.29) is 5.78 Å². The second kappa shape index (κ2) is 5.54. The van der Waals surface area contributed by atoms with Gasteiger partial charge in [0.15, 0.2) is 0 Å². The van der Waals surface area contributed by atoms with Crippen molar-refractivity contribution in [2.45, 2.75) is 27.2 Å². The zero-order valence-electron chi connectivity index (χ0n) is 10.4. The number of rotatable bonds is 5. The van der Waals surface area contributed by atoms with Crippen LogP contribution < -0.4 is 10.1 Å². The summed E-state index contributed by atoms with van der Waals surface area (Å²) >= 11 is 0. The summed E-state index contributed by atoms with van der Waals surface area (Å²) in [5, 5.41) is 3.23. The standard InChI is InChI=1S/C13H19NO2/c1-9-7-12(14-6-5-11(3)15)8-10(2)13(9)16-4/h7-8,14H,5-6H2,1-4H3. The van der Waals surface area contributed by atoms with Crippen molar-refractivity contribution in [3.8, 4) is 5.75 Å². The van der Waals surface area contributed by atoms with Crippen molar-refractivity contribution in [1.82, 2.24) is 0 Å². The largest absolute Gasteiger partial charge is 0.496 e. The van der Waals surface area contributed by atoms with Crippen LogP contribution in [0.4, 0.5) is 5.69 Å². The molecule has 0 fully saturated rings. The summed E-state index contributed by atoms with van der Waals surface area (Å²) in [7, 11) is 1.68. The number of carbonyl (C=O) groups is 1. The molecule has 0 saturated heterocycles. The molecule has 1 aromatic carbocycles. The molecule has 0 saturated carbocycles. The Morgan fingerprint density at radius 2 is 1.88 bits per heavy atom. The van der Waals surface area contributed by atoms with E-state index in [1.165, 1.54) is 0 Å². The molecule has 0 unspecified atom stereocenters. The van der Waals surface area contributed by atoms with Crippen molar-refractivity contribution in [2.24, 2.45) is 0 Å². The van der Waals surface area contributed by atoms with Gasteiger partial charge < -0.3 is 10.1 Å². The summed E-state index contributed by atoms with van der Waals surface area (Å²) in [5.41, 5.74) is 3.25. The van der Waals surface area contributed by atoms with Gasteiger partial charge in [-0.25, -0.2) is 0 Å². The predicted octanol–water partition coefficient (Wildman–Crippen LogP) is 2.70. The van der Waals surface area contributed by atoms with Gasteiger partial charge in [0.25, 0.3) is 0 Å². The average molecular weight is 221 g/mol. The van der Waals surface area contributed by atoms with Gasteiger partial charge in [0.05, 0.1) is 7.11 Å². The molecule has 0 aliphatic rings. The topological polar surface area (TPSA) is 38.3 Å². The predicted molar refractivity (Wildman–Crippen MR) is 66.3 cm³/mol. The van der Waals surface area contributed by atoms with Crippen molar-refractivity contribution in [1.29, 1.82) is 0 Å². The van der Waals surface area contributed by atoms with Crippen LogP contribution in [0.5, 0.6) is 5.75 Å². The Bertz CT molecular complexity index is 363. The Balaban J connectivity index is 2.72. The Labute approximate surface area is 96.8 Å². The maximum absolute atomic E-state index is 10.8. The summed E-state index contributed by atoms with van der Waals surface area (Å²) in [4.78, 5) is 10.8. The minimum atomic E-state index is 0.203. The van der Waals surface area contributed by atoms with Crippen molar-refractivity contribution < 1.29 is 9.53 Å². The molecule has 1 rings (SSSR count). The second-order valence-electron chi connectivity index (χ2n) is 4.02. The van der Waals surface area contributed by atoms with Crippen LogP contribution in [0.1, 0.15) is 24.5 Å². The lowest BCUT2D eigenvalue weighted by molar-refractivity contribution is -0.116. The van der Waals surface area contributed by atoms with E-state index in [1.54, 1.807) is 14.0 Å². The number of aryl methyl sites for hydroxylation is 2. The first kappa shape index (κ1) is 12.6. The Hall–Kier alpha value is -1.51. The molecule has 0 aliphatic carbocycles. The van der Waals surface area contributed by atoms with Gasteiger partial charge in [0, 0.05) is 18.7 Å². The lowest BCUT2D eigenvalue weighted by atomic mass is 10.1. The number of benzene rings is 1. The van der Waals surface area contributed by atoms with E-state index in [4.69, 9.17) is 4.74 Å². The van der Waals surface area contributed by atoms with E-state index < -0.39 is 0 Å². The monoisotopic (exact) mass is 221 g/mol. The zero-order chi connectivity index (χ0) is 12.1. The third-order valence-electron chi connectivity index (χ3n) is 2.47. The summed E-state index contributed by atoms with van der Waals surface area (Å²) in [5.74, 6) is 1.13. The summed E-state index contributed by atoms with van der Waals surface area (Å²) < 4.78 is 5.29. The maximum atomic E-state index is 10.8. The molecule has 1 N–H and O–H groups in total. The van der Waals surface area contributed by atoms with E-state index in [0.717, 1.165) is 22.6 Å². The Kier molecular flexibility index (Phi) is 4.35. The lowest BCUT2D eigenvalue weighted by Gasteiger charge is -2.12. The minimum absolute atomic E-state index is 0.203. The molecule has 0 heterocycles. The molecule has 0 atom stereocenters. The first-order valence-electron chi connectivity index (χ1n) is 5.43. The quantitative estimate of drug-likeness (QED) is 0.830. The number of methoxy groups -OCH3 is 1. The number of hydrogen-bond acceptors (Lipinski definition) is 3. The molecular weight excluding hydrogens is 202 g/mol. The first-order chi connectivity index (χ1) is 7.54. The van der Waals surface area contributed by atoms with Gasteiger partial charge in [0.2, 0.25) is 0 Å². The van der Waals surface area contributed by atoms with E-state index in [9.17, 15) is 4.79 Å². The van der Waals surface area contributed by atoms with Crippen molar-refractivity contribution in [3.63, 3.8) is 0 Å². The number of ketones is 1. The number of anilines is 1. The second-order valence-corrected chi connectivity index (χ2v) is 4.02.